The Morgan fingerprint density at radius 1 is 1.27 bits per heavy atom. The van der Waals surface area contributed by atoms with Gasteiger partial charge in [-0.1, -0.05) is 19.3 Å². The molecule has 0 bridgehead atoms. The van der Waals surface area contributed by atoms with Crippen LogP contribution in [0.3, 0.4) is 0 Å². The number of aliphatic hydroxyl groups excluding tert-OH is 1. The summed E-state index contributed by atoms with van der Waals surface area (Å²) in [6.07, 6.45) is 4.27. The van der Waals surface area contributed by atoms with E-state index >= 15 is 0 Å². The zero-order valence-electron chi connectivity index (χ0n) is 8.40. The van der Waals surface area contributed by atoms with Crippen LogP contribution in [0.4, 0.5) is 0 Å². The van der Waals surface area contributed by atoms with Crippen molar-refractivity contribution < 1.29 is 5.11 Å². The van der Waals surface area contributed by atoms with E-state index in [2.05, 4.69) is 10.2 Å². The van der Waals surface area contributed by atoms with Crippen LogP contribution in [0.15, 0.2) is 4.79 Å². The highest BCUT2D eigenvalue weighted by Crippen LogP contribution is 2.26. The van der Waals surface area contributed by atoms with Gasteiger partial charge in [-0.05, 0) is 25.1 Å². The molecule has 2 atom stereocenters. The Morgan fingerprint density at radius 3 is 2.67 bits per heavy atom. The molecule has 0 amide bonds. The molecule has 0 saturated heterocycles. The van der Waals surface area contributed by atoms with Gasteiger partial charge in [0, 0.05) is 0 Å². The minimum Gasteiger partial charge on any atom is -0.391 e. The van der Waals surface area contributed by atoms with E-state index in [1.165, 1.54) is 4.57 Å². The molecule has 1 aromatic heterocycles. The predicted octanol–water partition coefficient (Wildman–Crippen LogP) is 1.10. The van der Waals surface area contributed by atoms with Crippen LogP contribution in [0.2, 0.25) is 0 Å². The lowest BCUT2D eigenvalue weighted by Gasteiger charge is -2.20. The van der Waals surface area contributed by atoms with Crippen LogP contribution < -0.4 is 5.69 Å². The number of hydrogen-bond donors (Lipinski definition) is 3. The molecule has 2 rings (SSSR count). The average molecular weight is 229 g/mol. The van der Waals surface area contributed by atoms with Crippen molar-refractivity contribution in [2.24, 2.45) is 0 Å². The third-order valence-corrected chi connectivity index (χ3v) is 3.29. The van der Waals surface area contributed by atoms with Gasteiger partial charge >= 0.3 is 5.69 Å². The Hall–Kier alpha value is -0.880. The second-order valence-electron chi connectivity index (χ2n) is 4.00. The summed E-state index contributed by atoms with van der Waals surface area (Å²) < 4.78 is 1.83. The maximum Gasteiger partial charge on any atom is 0.342 e. The van der Waals surface area contributed by atoms with Crippen molar-refractivity contribution in [1.29, 1.82) is 0 Å². The largest absolute Gasteiger partial charge is 0.391 e. The fraction of sp³-hybridized carbons (Fsp3) is 0.778. The van der Waals surface area contributed by atoms with Crippen LogP contribution in [0.25, 0.3) is 0 Å². The molecular formula is C9H15N3O2S. The molecule has 0 aliphatic heterocycles. The van der Waals surface area contributed by atoms with Crippen LogP contribution in [-0.4, -0.2) is 26.0 Å². The summed E-state index contributed by atoms with van der Waals surface area (Å²) >= 11 is 5.02. The molecule has 15 heavy (non-hydrogen) atoms. The summed E-state index contributed by atoms with van der Waals surface area (Å²) in [6, 6.07) is -0.171. The third-order valence-electron chi connectivity index (χ3n) is 2.99. The summed E-state index contributed by atoms with van der Waals surface area (Å²) in [5, 5.41) is 15.0. The van der Waals surface area contributed by atoms with E-state index in [0.717, 1.165) is 32.1 Å². The van der Waals surface area contributed by atoms with E-state index in [1.807, 2.05) is 0 Å². The number of aromatic nitrogens is 3. The lowest BCUT2D eigenvalue weighted by molar-refractivity contribution is 0.103. The Kier molecular flexibility index (Phi) is 3.06. The van der Waals surface area contributed by atoms with Crippen LogP contribution >= 0.6 is 12.2 Å². The van der Waals surface area contributed by atoms with Gasteiger partial charge in [0.1, 0.15) is 0 Å². The molecule has 1 aliphatic carbocycles. The third kappa shape index (κ3) is 2.05. The molecule has 0 spiro atoms. The normalized spacial score (nSPS) is 27.5. The van der Waals surface area contributed by atoms with Crippen molar-refractivity contribution >= 4 is 12.2 Å². The van der Waals surface area contributed by atoms with E-state index < -0.39 is 6.10 Å². The van der Waals surface area contributed by atoms with Crippen LogP contribution in [-0.2, 0) is 0 Å². The summed E-state index contributed by atoms with van der Waals surface area (Å²) in [7, 11) is 0. The van der Waals surface area contributed by atoms with Crippen molar-refractivity contribution in [3.05, 3.63) is 15.3 Å². The highest BCUT2D eigenvalue weighted by atomic mass is 32.1. The number of aliphatic hydroxyl groups is 1. The molecule has 1 aromatic rings. The zero-order chi connectivity index (χ0) is 10.8. The molecule has 6 heteroatoms. The van der Waals surface area contributed by atoms with Crippen molar-refractivity contribution in [3.63, 3.8) is 0 Å². The molecule has 1 aliphatic rings. The minimum absolute atomic E-state index is 0.171. The predicted molar refractivity (Wildman–Crippen MR) is 58.4 cm³/mol. The molecule has 0 aromatic carbocycles. The molecule has 84 valence electrons. The summed E-state index contributed by atoms with van der Waals surface area (Å²) in [6.45, 7) is 0. The molecule has 2 unspecified atom stereocenters. The summed E-state index contributed by atoms with van der Waals surface area (Å²) in [5.74, 6) is 0. The monoisotopic (exact) mass is 229 g/mol. The van der Waals surface area contributed by atoms with Gasteiger partial charge in [0.2, 0.25) is 0 Å². The Morgan fingerprint density at radius 2 is 2.00 bits per heavy atom. The summed E-state index contributed by atoms with van der Waals surface area (Å²) in [4.78, 5) is 11.5. The number of nitrogens with one attached hydrogen (secondary N) is 2. The van der Waals surface area contributed by atoms with Gasteiger partial charge in [0.15, 0.2) is 4.77 Å². The molecule has 5 nitrogen and oxygen atoms in total. The Bertz CT molecular complexity index is 406. The number of nitrogens with zero attached hydrogens (tertiary/aromatic N) is 1. The standard InChI is InChI=1S/C9H15N3O2S/c13-7-5-3-1-2-4-6(7)12-8(14)10-11-9(12)15/h6-7,13H,1-5H2,(H,10,14)(H,11,15). The zero-order valence-corrected chi connectivity index (χ0v) is 9.22. The van der Waals surface area contributed by atoms with Gasteiger partial charge in [-0.15, -0.1) is 0 Å². The van der Waals surface area contributed by atoms with E-state index in [0.29, 0.717) is 4.77 Å². The van der Waals surface area contributed by atoms with Crippen molar-refractivity contribution in [3.8, 4) is 0 Å². The maximum absolute atomic E-state index is 11.5. The first kappa shape index (κ1) is 10.6. The van der Waals surface area contributed by atoms with Crippen molar-refractivity contribution in [1.82, 2.24) is 14.8 Å². The van der Waals surface area contributed by atoms with E-state index in [4.69, 9.17) is 12.2 Å². The number of aromatic amines is 2. The maximum atomic E-state index is 11.5. The lowest BCUT2D eigenvalue weighted by Crippen LogP contribution is -2.30. The lowest BCUT2D eigenvalue weighted by atomic mass is 10.1. The molecule has 0 radical (unpaired) electrons. The first-order valence-electron chi connectivity index (χ1n) is 5.27. The molecule has 1 heterocycles. The van der Waals surface area contributed by atoms with Gasteiger partial charge in [0.05, 0.1) is 12.1 Å². The molecule has 1 fully saturated rings. The first-order chi connectivity index (χ1) is 7.20. The fourth-order valence-corrected chi connectivity index (χ4v) is 2.46. The Balaban J connectivity index is 2.36. The van der Waals surface area contributed by atoms with Gasteiger partial charge < -0.3 is 5.11 Å². The fourth-order valence-electron chi connectivity index (χ4n) is 2.19. The SMILES string of the molecule is O=c1[nH][nH]c(=S)n1C1CCCCCC1O. The quantitative estimate of drug-likeness (QED) is 0.498. The van der Waals surface area contributed by atoms with Crippen LogP contribution in [0, 0.1) is 4.77 Å². The van der Waals surface area contributed by atoms with Gasteiger partial charge in [-0.3, -0.25) is 9.67 Å². The van der Waals surface area contributed by atoms with E-state index in [1.54, 1.807) is 0 Å². The Labute approximate surface area is 92.1 Å². The number of hydrogen-bond acceptors (Lipinski definition) is 3. The van der Waals surface area contributed by atoms with Gasteiger partial charge in [0.25, 0.3) is 0 Å². The minimum atomic E-state index is -0.462. The molecular weight excluding hydrogens is 214 g/mol. The highest BCUT2D eigenvalue weighted by Gasteiger charge is 2.25. The molecule has 3 N–H and O–H groups in total. The molecule has 1 saturated carbocycles. The topological polar surface area (TPSA) is 73.8 Å². The first-order valence-corrected chi connectivity index (χ1v) is 5.68. The average Bonchev–Trinajstić information content (AvgIpc) is 2.42. The van der Waals surface area contributed by atoms with Gasteiger partial charge in [-0.25, -0.2) is 9.89 Å². The second-order valence-corrected chi connectivity index (χ2v) is 4.39. The van der Waals surface area contributed by atoms with Crippen LogP contribution in [0.5, 0.6) is 0 Å². The number of rotatable bonds is 1. The van der Waals surface area contributed by atoms with E-state index in [-0.39, 0.29) is 11.7 Å². The smallest absolute Gasteiger partial charge is 0.342 e. The van der Waals surface area contributed by atoms with Crippen molar-refractivity contribution in [2.45, 2.75) is 44.2 Å². The van der Waals surface area contributed by atoms with E-state index in [9.17, 15) is 9.90 Å². The summed E-state index contributed by atoms with van der Waals surface area (Å²) in [5.41, 5.74) is -0.258. The van der Waals surface area contributed by atoms with Gasteiger partial charge in [-0.2, -0.15) is 0 Å². The highest BCUT2D eigenvalue weighted by molar-refractivity contribution is 7.71. The number of H-pyrrole nitrogens is 2. The van der Waals surface area contributed by atoms with Crippen LogP contribution in [0.1, 0.15) is 38.1 Å². The second kappa shape index (κ2) is 4.32. The van der Waals surface area contributed by atoms with Crippen molar-refractivity contribution in [2.75, 3.05) is 0 Å².